The van der Waals surface area contributed by atoms with Crippen molar-refractivity contribution in [2.75, 3.05) is 33.0 Å². The van der Waals surface area contributed by atoms with Crippen LogP contribution in [0.2, 0.25) is 0 Å². The van der Waals surface area contributed by atoms with Crippen molar-refractivity contribution in [1.82, 2.24) is 0 Å². The molecule has 256 valence electrons. The maximum atomic E-state index is 13.0. The number of ether oxygens (including phenoxy) is 5. The molecule has 2 aliphatic rings. The maximum absolute atomic E-state index is 13.0. The minimum atomic E-state index is -0.430. The number of esters is 2. The summed E-state index contributed by atoms with van der Waals surface area (Å²) in [5.41, 5.74) is 6.67. The number of aryl methyl sites for hydroxylation is 1. The molecule has 7 nitrogen and oxygen atoms in total. The molecule has 0 amide bonds. The molecule has 0 saturated carbocycles. The lowest BCUT2D eigenvalue weighted by atomic mass is 9.90. The van der Waals surface area contributed by atoms with Crippen LogP contribution in [-0.4, -0.2) is 45.0 Å². The van der Waals surface area contributed by atoms with Crippen LogP contribution in [0.25, 0.3) is 11.1 Å². The number of hydrogen-bond donors (Lipinski definition) is 0. The van der Waals surface area contributed by atoms with E-state index >= 15 is 0 Å². The van der Waals surface area contributed by atoms with Crippen LogP contribution in [0.3, 0.4) is 0 Å². The van der Waals surface area contributed by atoms with Crippen molar-refractivity contribution in [3.05, 3.63) is 113 Å². The van der Waals surface area contributed by atoms with Crippen molar-refractivity contribution in [3.63, 3.8) is 0 Å². The summed E-state index contributed by atoms with van der Waals surface area (Å²) in [7, 11) is 0. The predicted molar refractivity (Wildman–Crippen MR) is 190 cm³/mol. The molecule has 7 heteroatoms. The molecule has 4 aromatic carbocycles. The quantitative estimate of drug-likeness (QED) is 0.0672. The van der Waals surface area contributed by atoms with Gasteiger partial charge in [-0.2, -0.15) is 0 Å². The van der Waals surface area contributed by atoms with Crippen molar-refractivity contribution >= 4 is 11.9 Å². The number of fused-ring (bicyclic) bond motifs is 3. The molecule has 49 heavy (non-hydrogen) atoms. The number of carbonyl (C=O) groups is 2. The van der Waals surface area contributed by atoms with Crippen molar-refractivity contribution in [1.29, 1.82) is 0 Å². The van der Waals surface area contributed by atoms with Crippen LogP contribution in [0.5, 0.6) is 17.2 Å². The van der Waals surface area contributed by atoms with Crippen molar-refractivity contribution in [2.45, 2.75) is 65.2 Å². The molecular formula is C42H46O7. The van der Waals surface area contributed by atoms with Gasteiger partial charge in [0.25, 0.3) is 0 Å². The van der Waals surface area contributed by atoms with Gasteiger partial charge in [-0.1, -0.05) is 57.9 Å². The van der Waals surface area contributed by atoms with Crippen LogP contribution in [-0.2, 0) is 15.9 Å². The molecule has 1 aliphatic carbocycles. The molecule has 0 spiro atoms. The van der Waals surface area contributed by atoms with Gasteiger partial charge in [0.05, 0.1) is 37.6 Å². The van der Waals surface area contributed by atoms with E-state index in [1.165, 1.54) is 18.4 Å². The summed E-state index contributed by atoms with van der Waals surface area (Å²) >= 11 is 0. The van der Waals surface area contributed by atoms with Crippen LogP contribution in [0.15, 0.2) is 84.9 Å². The van der Waals surface area contributed by atoms with Crippen LogP contribution in [0, 0.1) is 5.41 Å². The molecule has 1 saturated heterocycles. The number of unbranched alkanes of at least 4 members (excludes halogenated alkanes) is 3. The largest absolute Gasteiger partial charge is 0.494 e. The third-order valence-electron chi connectivity index (χ3n) is 9.34. The third-order valence-corrected chi connectivity index (χ3v) is 9.34. The molecule has 0 aromatic heterocycles. The SMILES string of the molecule is CCCCCc1ccc(C(=O)Oc2ccc3c(c2)C(C)c2cc(OC(=O)c4ccc(OCCCCOCC5(C)COC5)cc4)ccc2-3)cc1. The zero-order valence-corrected chi connectivity index (χ0v) is 28.8. The topological polar surface area (TPSA) is 80.3 Å². The van der Waals surface area contributed by atoms with Gasteiger partial charge in [-0.05, 0) is 114 Å². The summed E-state index contributed by atoms with van der Waals surface area (Å²) in [6.45, 7) is 10.1. The van der Waals surface area contributed by atoms with E-state index < -0.39 is 5.97 Å². The van der Waals surface area contributed by atoms with E-state index in [4.69, 9.17) is 23.7 Å². The minimum Gasteiger partial charge on any atom is -0.494 e. The maximum Gasteiger partial charge on any atom is 0.343 e. The summed E-state index contributed by atoms with van der Waals surface area (Å²) < 4.78 is 28.4. The number of benzene rings is 4. The average Bonchev–Trinajstić information content (AvgIpc) is 3.37. The van der Waals surface area contributed by atoms with Crippen molar-refractivity contribution in [3.8, 4) is 28.4 Å². The highest BCUT2D eigenvalue weighted by Gasteiger charge is 2.33. The second-order valence-electron chi connectivity index (χ2n) is 13.6. The smallest absolute Gasteiger partial charge is 0.343 e. The van der Waals surface area contributed by atoms with Crippen LogP contribution in [0.4, 0.5) is 0 Å². The minimum absolute atomic E-state index is 0.0355. The lowest BCUT2D eigenvalue weighted by Gasteiger charge is -2.37. The fraction of sp³-hybridized carbons (Fsp3) is 0.381. The van der Waals surface area contributed by atoms with E-state index in [1.54, 1.807) is 24.3 Å². The number of rotatable bonds is 16. The van der Waals surface area contributed by atoms with Gasteiger partial charge in [0.2, 0.25) is 0 Å². The van der Waals surface area contributed by atoms with Crippen molar-refractivity contribution < 1.29 is 33.3 Å². The Kier molecular flexibility index (Phi) is 11.1. The monoisotopic (exact) mass is 662 g/mol. The first-order valence-electron chi connectivity index (χ1n) is 17.5. The summed E-state index contributed by atoms with van der Waals surface area (Å²) in [6.07, 6.45) is 6.37. The van der Waals surface area contributed by atoms with Gasteiger partial charge in [-0.15, -0.1) is 0 Å². The van der Waals surface area contributed by atoms with E-state index in [-0.39, 0.29) is 17.3 Å². The molecule has 1 atom stereocenters. The summed E-state index contributed by atoms with van der Waals surface area (Å²) in [5, 5.41) is 0. The number of carbonyl (C=O) groups excluding carboxylic acids is 2. The first-order chi connectivity index (χ1) is 23.8. The molecule has 4 aromatic rings. The summed E-state index contributed by atoms with van der Waals surface area (Å²) in [6, 6.07) is 26.2. The molecule has 0 radical (unpaired) electrons. The zero-order valence-electron chi connectivity index (χ0n) is 28.8. The van der Waals surface area contributed by atoms with Crippen LogP contribution in [0.1, 0.15) is 96.2 Å². The van der Waals surface area contributed by atoms with Crippen LogP contribution < -0.4 is 14.2 Å². The highest BCUT2D eigenvalue weighted by atomic mass is 16.5. The fourth-order valence-corrected chi connectivity index (χ4v) is 6.34. The van der Waals surface area contributed by atoms with Crippen molar-refractivity contribution in [2.24, 2.45) is 5.41 Å². The highest BCUT2D eigenvalue weighted by molar-refractivity contribution is 5.92. The normalized spacial score (nSPS) is 15.5. The second kappa shape index (κ2) is 15.8. The van der Waals surface area contributed by atoms with Gasteiger partial charge in [0.15, 0.2) is 0 Å². The Labute approximate surface area is 289 Å². The Balaban J connectivity index is 0.986. The molecule has 6 rings (SSSR count). The van der Waals surface area contributed by atoms with E-state index in [1.807, 2.05) is 60.7 Å². The van der Waals surface area contributed by atoms with Gasteiger partial charge >= 0.3 is 11.9 Å². The first kappa shape index (κ1) is 34.4. The zero-order chi connectivity index (χ0) is 34.2. The van der Waals surface area contributed by atoms with E-state index in [2.05, 4.69) is 20.8 Å². The third kappa shape index (κ3) is 8.59. The predicted octanol–water partition coefficient (Wildman–Crippen LogP) is 9.20. The number of hydrogen-bond acceptors (Lipinski definition) is 7. The molecule has 1 unspecified atom stereocenters. The van der Waals surface area contributed by atoms with Gasteiger partial charge < -0.3 is 23.7 Å². The summed E-state index contributed by atoms with van der Waals surface area (Å²) in [4.78, 5) is 25.9. The lowest BCUT2D eigenvalue weighted by Crippen LogP contribution is -2.43. The highest BCUT2D eigenvalue weighted by Crippen LogP contribution is 2.47. The van der Waals surface area contributed by atoms with Gasteiger partial charge in [-0.25, -0.2) is 9.59 Å². The lowest BCUT2D eigenvalue weighted by molar-refractivity contribution is -0.138. The van der Waals surface area contributed by atoms with Crippen LogP contribution >= 0.6 is 0 Å². The Morgan fingerprint density at radius 1 is 0.714 bits per heavy atom. The fourth-order valence-electron chi connectivity index (χ4n) is 6.34. The molecular weight excluding hydrogens is 616 g/mol. The van der Waals surface area contributed by atoms with Gasteiger partial charge in [0, 0.05) is 17.9 Å². The Morgan fingerprint density at radius 3 is 1.82 bits per heavy atom. The Morgan fingerprint density at radius 2 is 1.27 bits per heavy atom. The van der Waals surface area contributed by atoms with E-state index in [0.29, 0.717) is 41.6 Å². The standard InChI is InChI=1S/C42H46O7/c1-4-5-6-9-30-10-12-31(13-11-30)40(43)48-34-18-20-36-37-21-19-35(25-39(37)29(2)38(36)24-34)49-41(44)32-14-16-33(17-15-32)47-23-8-7-22-45-26-42(3)27-46-28-42/h10-21,24-25,29H,4-9,22-23,26-28H2,1-3H3. The molecule has 1 heterocycles. The molecule has 1 aliphatic heterocycles. The molecule has 0 bridgehead atoms. The second-order valence-corrected chi connectivity index (χ2v) is 13.6. The Bertz CT molecular complexity index is 1740. The van der Waals surface area contributed by atoms with E-state index in [9.17, 15) is 9.59 Å². The van der Waals surface area contributed by atoms with E-state index in [0.717, 1.165) is 67.8 Å². The molecule has 1 fully saturated rings. The Hall–Kier alpha value is -4.46. The summed E-state index contributed by atoms with van der Waals surface area (Å²) in [5.74, 6) is 0.931. The average molecular weight is 663 g/mol. The molecule has 0 N–H and O–H groups in total. The van der Waals surface area contributed by atoms with Gasteiger partial charge in [-0.3, -0.25) is 0 Å². The van der Waals surface area contributed by atoms with Gasteiger partial charge in [0.1, 0.15) is 17.2 Å². The first-order valence-corrected chi connectivity index (χ1v) is 17.5.